The number of hydrogen-bond acceptors (Lipinski definition) is 0. The molecule has 0 aromatic carbocycles. The Bertz CT molecular complexity index is 250. The number of aryl methyl sites for hydroxylation is 1. The van der Waals surface area contributed by atoms with Crippen LogP contribution in [-0.4, -0.2) is 15.0 Å². The molecular weight excluding hydrogens is 147 g/mol. The van der Waals surface area contributed by atoms with Crippen LogP contribution in [0.2, 0.25) is 19.6 Å². The summed E-state index contributed by atoms with van der Waals surface area (Å²) in [6.07, 6.45) is 0. The molecule has 11 heavy (non-hydrogen) atoms. The fourth-order valence-corrected chi connectivity index (χ4v) is 3.28. The molecule has 58 valence electrons. The molecule has 0 aliphatic carbocycles. The van der Waals surface area contributed by atoms with Gasteiger partial charge in [-0.15, -0.1) is 0 Å². The Labute approximate surface area is 70.9 Å². The zero-order valence-corrected chi connectivity index (χ0v) is 8.81. The Hall–Kier alpha value is -0.368. The Morgan fingerprint density at radius 1 is 1.27 bits per heavy atom. The van der Waals surface area contributed by atoms with Gasteiger partial charge in [-0.25, -0.2) is 0 Å². The molecule has 0 radical (unpaired) electrons. The maximum atomic E-state index is 2.38. The summed E-state index contributed by atoms with van der Waals surface area (Å²) < 4.78 is 0. The fourth-order valence-electron chi connectivity index (χ4n) is 1.41. The molecule has 0 aliphatic heterocycles. The summed E-state index contributed by atoms with van der Waals surface area (Å²) in [5.41, 5.74) is 1.45. The molecule has 0 amide bonds. The monoisotopic (exact) mass is 162 g/mol. The van der Waals surface area contributed by atoms with E-state index in [2.05, 4.69) is 51.6 Å². The van der Waals surface area contributed by atoms with Crippen molar-refractivity contribution in [2.75, 3.05) is 0 Å². The molecule has 1 aromatic rings. The van der Waals surface area contributed by atoms with Gasteiger partial charge in [0.05, 0.1) is 0 Å². The fraction of sp³-hybridized carbons (Fsp3) is 0.444. The van der Waals surface area contributed by atoms with Gasteiger partial charge in [-0.05, 0) is 0 Å². The van der Waals surface area contributed by atoms with E-state index in [0.717, 1.165) is 0 Å². The van der Waals surface area contributed by atoms with Crippen LogP contribution in [0.15, 0.2) is 18.1 Å². The van der Waals surface area contributed by atoms with Gasteiger partial charge in [0.25, 0.3) is 0 Å². The minimum absolute atomic E-state index is 1.08. The molecule has 0 spiro atoms. The zero-order valence-electron chi connectivity index (χ0n) is 7.81. The Kier molecular flexibility index (Phi) is 2.33. The molecule has 2 heteroatoms. The second-order valence-electron chi connectivity index (χ2n) is 4.06. The molecule has 0 nitrogen and oxygen atoms in total. The molecule has 0 bridgehead atoms. The van der Waals surface area contributed by atoms with Crippen LogP contribution in [0.4, 0.5) is 0 Å². The molecule has 1 heterocycles. The van der Waals surface area contributed by atoms with Gasteiger partial charge >= 0.3 is 70.3 Å². The predicted octanol–water partition coefficient (Wildman–Crippen LogP) is 1.88. The van der Waals surface area contributed by atoms with Crippen molar-refractivity contribution in [2.45, 2.75) is 26.6 Å². The minimum atomic E-state index is -1.08. The van der Waals surface area contributed by atoms with Crippen LogP contribution in [0.3, 0.4) is 0 Å². The first kappa shape index (κ1) is 8.73. The van der Waals surface area contributed by atoms with Crippen molar-refractivity contribution in [2.24, 2.45) is 0 Å². The normalized spacial score (nSPS) is 11.3. The second kappa shape index (κ2) is 2.94. The van der Waals surface area contributed by atoms with Gasteiger partial charge in [0.1, 0.15) is 0 Å². The standard InChI is InChI=1S/C9H15BSi/c1-8-6-5-7-10-9(8)11(2,3)4/h5-7H,1-4H3. The first-order valence-electron chi connectivity index (χ1n) is 4.08. The maximum absolute atomic E-state index is 2.38. The van der Waals surface area contributed by atoms with Crippen LogP contribution in [0.25, 0.3) is 0 Å². The van der Waals surface area contributed by atoms with Gasteiger partial charge < -0.3 is 0 Å². The summed E-state index contributed by atoms with van der Waals surface area (Å²) in [5, 5.41) is 1.58. The van der Waals surface area contributed by atoms with E-state index in [4.69, 9.17) is 0 Å². The molecule has 1 aromatic heterocycles. The third kappa shape index (κ3) is 2.03. The van der Waals surface area contributed by atoms with Crippen molar-refractivity contribution >= 4 is 20.1 Å². The summed E-state index contributed by atoms with van der Waals surface area (Å²) in [6.45, 7) is 11.6. The first-order valence-corrected chi connectivity index (χ1v) is 7.58. The Morgan fingerprint density at radius 2 is 1.91 bits per heavy atom. The summed E-state index contributed by atoms with van der Waals surface area (Å²) in [6, 6.07) is 4.31. The summed E-state index contributed by atoms with van der Waals surface area (Å²) in [5.74, 6) is 2.14. The average molecular weight is 162 g/mol. The van der Waals surface area contributed by atoms with E-state index >= 15 is 0 Å². The molecule has 0 fully saturated rings. The Morgan fingerprint density at radius 3 is 2.27 bits per heavy atom. The molecule has 0 unspecified atom stereocenters. The van der Waals surface area contributed by atoms with Crippen LogP contribution in [-0.2, 0) is 0 Å². The molecule has 0 atom stereocenters. The van der Waals surface area contributed by atoms with Crippen LogP contribution < -0.4 is 5.08 Å². The predicted molar refractivity (Wildman–Crippen MR) is 55.5 cm³/mol. The van der Waals surface area contributed by atoms with E-state index in [1.165, 1.54) is 5.56 Å². The van der Waals surface area contributed by atoms with Crippen molar-refractivity contribution in [3.05, 3.63) is 23.7 Å². The van der Waals surface area contributed by atoms with Gasteiger partial charge in [0.15, 0.2) is 0 Å². The quantitative estimate of drug-likeness (QED) is 0.553. The van der Waals surface area contributed by atoms with Gasteiger partial charge in [-0.2, -0.15) is 0 Å². The summed E-state index contributed by atoms with van der Waals surface area (Å²) >= 11 is 0. The van der Waals surface area contributed by atoms with E-state index in [1.54, 1.807) is 5.08 Å². The molecule has 1 rings (SSSR count). The first-order chi connectivity index (χ1) is 5.02. The van der Waals surface area contributed by atoms with Crippen LogP contribution >= 0.6 is 0 Å². The van der Waals surface area contributed by atoms with Crippen molar-refractivity contribution in [1.29, 1.82) is 0 Å². The van der Waals surface area contributed by atoms with Gasteiger partial charge in [-0.1, -0.05) is 0 Å². The summed E-state index contributed by atoms with van der Waals surface area (Å²) in [4.78, 5) is 0. The Balaban J connectivity index is 3.14. The van der Waals surface area contributed by atoms with E-state index in [0.29, 0.717) is 0 Å². The van der Waals surface area contributed by atoms with Crippen molar-refractivity contribution < 1.29 is 0 Å². The second-order valence-corrected chi connectivity index (χ2v) is 9.10. The van der Waals surface area contributed by atoms with E-state index in [-0.39, 0.29) is 0 Å². The van der Waals surface area contributed by atoms with E-state index in [9.17, 15) is 0 Å². The molecule has 0 saturated heterocycles. The molecule has 0 aliphatic rings. The third-order valence-electron chi connectivity index (χ3n) is 1.95. The van der Waals surface area contributed by atoms with Crippen LogP contribution in [0, 0.1) is 6.92 Å². The van der Waals surface area contributed by atoms with Crippen LogP contribution in [0.5, 0.6) is 0 Å². The average Bonchev–Trinajstić information content (AvgIpc) is 1.86. The van der Waals surface area contributed by atoms with Crippen molar-refractivity contribution in [3.63, 3.8) is 0 Å². The molecule has 0 saturated carbocycles. The van der Waals surface area contributed by atoms with Crippen LogP contribution in [0.1, 0.15) is 5.56 Å². The van der Waals surface area contributed by atoms with Crippen molar-refractivity contribution in [1.82, 2.24) is 0 Å². The van der Waals surface area contributed by atoms with E-state index < -0.39 is 8.07 Å². The summed E-state index contributed by atoms with van der Waals surface area (Å²) in [7, 11) is -1.08. The third-order valence-corrected chi connectivity index (χ3v) is 4.13. The van der Waals surface area contributed by atoms with Gasteiger partial charge in [-0.3, -0.25) is 0 Å². The number of hydrogen-bond donors (Lipinski definition) is 0. The zero-order chi connectivity index (χ0) is 8.48. The van der Waals surface area contributed by atoms with E-state index in [1.807, 2.05) is 0 Å². The number of rotatable bonds is 1. The van der Waals surface area contributed by atoms with Crippen molar-refractivity contribution in [3.8, 4) is 0 Å². The van der Waals surface area contributed by atoms with Gasteiger partial charge in [0, 0.05) is 0 Å². The molecule has 0 N–H and O–H groups in total. The SMILES string of the molecule is Cc1cccbc1[Si](C)(C)C. The van der Waals surface area contributed by atoms with Gasteiger partial charge in [0.2, 0.25) is 0 Å². The molecular formula is C9H15BSi. The topological polar surface area (TPSA) is 0 Å².